The minimum absolute atomic E-state index is 0.0772. The number of aromatic nitrogens is 1. The number of fused-ring (bicyclic) bond motifs is 1. The molecule has 0 saturated carbocycles. The number of halogens is 1. The lowest BCUT2D eigenvalue weighted by atomic mass is 9.72. The van der Waals surface area contributed by atoms with Gasteiger partial charge in [-0.2, -0.15) is 0 Å². The van der Waals surface area contributed by atoms with Gasteiger partial charge >= 0.3 is 0 Å². The van der Waals surface area contributed by atoms with Crippen molar-refractivity contribution in [2.24, 2.45) is 5.92 Å². The fourth-order valence-corrected chi connectivity index (χ4v) is 5.63. The van der Waals surface area contributed by atoms with Crippen molar-refractivity contribution in [2.45, 2.75) is 43.9 Å². The van der Waals surface area contributed by atoms with Crippen molar-refractivity contribution in [3.05, 3.63) is 77.7 Å². The zero-order chi connectivity index (χ0) is 22.7. The van der Waals surface area contributed by atoms with Crippen molar-refractivity contribution in [1.29, 1.82) is 0 Å². The fraction of sp³-hybridized carbons (Fsp3) is 0.429. The molecular formula is C28H31FN2O2. The van der Waals surface area contributed by atoms with E-state index in [4.69, 9.17) is 4.74 Å². The Kier molecular flexibility index (Phi) is 6.41. The molecule has 2 saturated heterocycles. The normalized spacial score (nSPS) is 21.0. The summed E-state index contributed by atoms with van der Waals surface area (Å²) in [7, 11) is 0. The second-order valence-corrected chi connectivity index (χ2v) is 9.50. The maximum absolute atomic E-state index is 14.8. The predicted octanol–water partition coefficient (Wildman–Crippen LogP) is 5.29. The summed E-state index contributed by atoms with van der Waals surface area (Å²) in [4.78, 5) is 20.3. The molecule has 0 radical (unpaired) electrons. The number of hydrogen-bond donors (Lipinski definition) is 0. The maximum Gasteiger partial charge on any atom is 0.233 e. The molecule has 3 heterocycles. The van der Waals surface area contributed by atoms with Crippen LogP contribution in [0.5, 0.6) is 0 Å². The van der Waals surface area contributed by atoms with Crippen molar-refractivity contribution >= 4 is 16.8 Å². The quantitative estimate of drug-likeness (QED) is 0.547. The zero-order valence-corrected chi connectivity index (χ0v) is 19.0. The van der Waals surface area contributed by atoms with Crippen LogP contribution in [0, 0.1) is 11.7 Å². The van der Waals surface area contributed by atoms with E-state index in [0.717, 1.165) is 44.3 Å². The van der Waals surface area contributed by atoms with Gasteiger partial charge in [0.2, 0.25) is 5.91 Å². The third-order valence-corrected chi connectivity index (χ3v) is 7.47. The molecule has 0 N–H and O–H groups in total. The van der Waals surface area contributed by atoms with Gasteiger partial charge in [-0.1, -0.05) is 30.3 Å². The number of amides is 1. The van der Waals surface area contributed by atoms with Gasteiger partial charge in [0.25, 0.3) is 0 Å². The number of hydrogen-bond acceptors (Lipinski definition) is 3. The molecule has 1 aromatic heterocycles. The van der Waals surface area contributed by atoms with Crippen LogP contribution in [-0.4, -0.2) is 42.1 Å². The smallest absolute Gasteiger partial charge is 0.233 e. The van der Waals surface area contributed by atoms with Gasteiger partial charge in [-0.3, -0.25) is 9.78 Å². The molecule has 172 valence electrons. The first-order chi connectivity index (χ1) is 16.2. The molecule has 2 aromatic carbocycles. The Labute approximate surface area is 194 Å². The molecule has 3 aromatic rings. The van der Waals surface area contributed by atoms with E-state index in [2.05, 4.69) is 29.2 Å². The number of carbonyl (C=O) groups excluding carboxylic acids is 1. The first-order valence-electron chi connectivity index (χ1n) is 12.1. The molecule has 0 spiro atoms. The minimum Gasteiger partial charge on any atom is -0.381 e. The summed E-state index contributed by atoms with van der Waals surface area (Å²) in [6.45, 7) is 2.46. The molecule has 0 aliphatic carbocycles. The molecule has 5 rings (SSSR count). The van der Waals surface area contributed by atoms with E-state index < -0.39 is 5.41 Å². The number of carbonyl (C=O) groups is 1. The van der Waals surface area contributed by atoms with Crippen LogP contribution in [0.3, 0.4) is 0 Å². The van der Waals surface area contributed by atoms with Crippen molar-refractivity contribution < 1.29 is 13.9 Å². The van der Waals surface area contributed by atoms with Crippen LogP contribution in [0.15, 0.2) is 60.8 Å². The van der Waals surface area contributed by atoms with E-state index in [1.54, 1.807) is 12.1 Å². The third-order valence-electron chi connectivity index (χ3n) is 7.47. The van der Waals surface area contributed by atoms with Crippen LogP contribution in [0.25, 0.3) is 10.9 Å². The Bertz CT molecular complexity index is 1130. The van der Waals surface area contributed by atoms with Gasteiger partial charge in [-0.05, 0) is 74.3 Å². The van der Waals surface area contributed by atoms with Crippen LogP contribution >= 0.6 is 0 Å². The van der Waals surface area contributed by atoms with Crippen LogP contribution in [0.4, 0.5) is 4.39 Å². The lowest BCUT2D eigenvalue weighted by Gasteiger charge is -2.40. The van der Waals surface area contributed by atoms with Crippen LogP contribution < -0.4 is 0 Å². The fourth-order valence-electron chi connectivity index (χ4n) is 5.63. The largest absolute Gasteiger partial charge is 0.381 e. The number of nitrogens with zero attached hydrogens (tertiary/aromatic N) is 2. The number of rotatable bonds is 4. The highest BCUT2D eigenvalue weighted by molar-refractivity contribution is 5.88. The highest BCUT2D eigenvalue weighted by Crippen LogP contribution is 2.39. The Balaban J connectivity index is 1.31. The van der Waals surface area contributed by atoms with E-state index in [0.29, 0.717) is 37.5 Å². The summed E-state index contributed by atoms with van der Waals surface area (Å²) < 4.78 is 20.4. The molecular weight excluding hydrogens is 415 g/mol. The Morgan fingerprint density at radius 3 is 2.76 bits per heavy atom. The van der Waals surface area contributed by atoms with E-state index in [9.17, 15) is 9.18 Å². The summed E-state index contributed by atoms with van der Waals surface area (Å²) in [5, 5.41) is 1.17. The van der Waals surface area contributed by atoms with Gasteiger partial charge in [0.05, 0.1) is 10.9 Å². The SMILES string of the molecule is O=C(N1CCC[C@@H](Cc2ccc3ncccc3c2)CC1)C1(c2ccccc2F)CCOCC1. The highest BCUT2D eigenvalue weighted by Gasteiger charge is 2.45. The lowest BCUT2D eigenvalue weighted by Crippen LogP contribution is -2.50. The minimum atomic E-state index is -0.811. The van der Waals surface area contributed by atoms with Crippen molar-refractivity contribution in [3.8, 4) is 0 Å². The van der Waals surface area contributed by atoms with Gasteiger partial charge in [-0.25, -0.2) is 4.39 Å². The number of benzene rings is 2. The Morgan fingerprint density at radius 1 is 1.06 bits per heavy atom. The molecule has 5 heteroatoms. The molecule has 4 nitrogen and oxygen atoms in total. The average molecular weight is 447 g/mol. The van der Waals surface area contributed by atoms with E-state index in [1.807, 2.05) is 23.2 Å². The third kappa shape index (κ3) is 4.51. The average Bonchev–Trinajstić information content (AvgIpc) is 3.10. The number of likely N-dealkylation sites (tertiary alicyclic amines) is 1. The first-order valence-corrected chi connectivity index (χ1v) is 12.1. The first kappa shape index (κ1) is 22.0. The second kappa shape index (κ2) is 9.60. The van der Waals surface area contributed by atoms with Crippen molar-refractivity contribution in [1.82, 2.24) is 9.88 Å². The zero-order valence-electron chi connectivity index (χ0n) is 19.0. The summed E-state index contributed by atoms with van der Waals surface area (Å²) >= 11 is 0. The van der Waals surface area contributed by atoms with E-state index in [1.165, 1.54) is 17.0 Å². The molecule has 1 atom stereocenters. The van der Waals surface area contributed by atoms with E-state index in [-0.39, 0.29) is 11.7 Å². The standard InChI is InChI=1S/C28H31FN2O2/c29-25-8-2-1-7-24(25)28(12-17-33-18-13-28)27(32)31-15-4-5-21(11-16-31)19-22-9-10-26-23(20-22)6-3-14-30-26/h1-3,6-10,14,20-21H,4-5,11-13,15-19H2/t21-/m1/s1. The molecule has 2 aliphatic heterocycles. The topological polar surface area (TPSA) is 42.4 Å². The molecule has 1 amide bonds. The van der Waals surface area contributed by atoms with E-state index >= 15 is 0 Å². The van der Waals surface area contributed by atoms with Crippen molar-refractivity contribution in [3.63, 3.8) is 0 Å². The Morgan fingerprint density at radius 2 is 1.91 bits per heavy atom. The highest BCUT2D eigenvalue weighted by atomic mass is 19.1. The van der Waals surface area contributed by atoms with Crippen LogP contribution in [0.2, 0.25) is 0 Å². The summed E-state index contributed by atoms with van der Waals surface area (Å²) in [5.74, 6) is 0.329. The maximum atomic E-state index is 14.8. The monoisotopic (exact) mass is 446 g/mol. The van der Waals surface area contributed by atoms with Gasteiger partial charge < -0.3 is 9.64 Å². The van der Waals surface area contributed by atoms with Crippen LogP contribution in [-0.2, 0) is 21.4 Å². The molecule has 0 bridgehead atoms. The van der Waals surface area contributed by atoms with Crippen molar-refractivity contribution in [2.75, 3.05) is 26.3 Å². The number of pyridine rings is 1. The lowest BCUT2D eigenvalue weighted by molar-refractivity contribution is -0.141. The molecule has 2 fully saturated rings. The Hall–Kier alpha value is -2.79. The van der Waals surface area contributed by atoms with Crippen LogP contribution in [0.1, 0.15) is 43.2 Å². The molecule has 33 heavy (non-hydrogen) atoms. The summed E-state index contributed by atoms with van der Waals surface area (Å²) in [6.07, 6.45) is 6.97. The van der Waals surface area contributed by atoms with Gasteiger partial charge in [0.15, 0.2) is 0 Å². The molecule has 2 aliphatic rings. The molecule has 0 unspecified atom stereocenters. The van der Waals surface area contributed by atoms with Gasteiger partial charge in [0, 0.05) is 43.4 Å². The summed E-state index contributed by atoms with van der Waals surface area (Å²) in [5.41, 5.74) is 2.07. The predicted molar refractivity (Wildman–Crippen MR) is 127 cm³/mol. The second-order valence-electron chi connectivity index (χ2n) is 9.50. The number of ether oxygens (including phenoxy) is 1. The van der Waals surface area contributed by atoms with Gasteiger partial charge in [0.1, 0.15) is 5.82 Å². The summed E-state index contributed by atoms with van der Waals surface area (Å²) in [6, 6.07) is 17.4. The van der Waals surface area contributed by atoms with Gasteiger partial charge in [-0.15, -0.1) is 0 Å².